The van der Waals surface area contributed by atoms with Crippen molar-refractivity contribution in [3.05, 3.63) is 51.4 Å². The number of Topliss-reactive ketones (excluding diaryl/α,β-unsaturated/α-hetero) is 1. The van der Waals surface area contributed by atoms with E-state index in [-0.39, 0.29) is 11.2 Å². The van der Waals surface area contributed by atoms with Crippen LogP contribution in [0.4, 0.5) is 0 Å². The zero-order valence-electron chi connectivity index (χ0n) is 14.3. The molecule has 0 saturated heterocycles. The smallest absolute Gasteiger partial charge is 0.271 e. The number of nitrogens with one attached hydrogen (secondary N) is 1. The normalized spacial score (nSPS) is 12.7. The number of aromatic nitrogens is 1. The van der Waals surface area contributed by atoms with Gasteiger partial charge in [0, 0.05) is 18.7 Å². The summed E-state index contributed by atoms with van der Waals surface area (Å²) in [6.07, 6.45) is 3.84. The van der Waals surface area contributed by atoms with Crippen LogP contribution in [0.2, 0.25) is 4.34 Å². The van der Waals surface area contributed by atoms with Crippen molar-refractivity contribution in [1.29, 1.82) is 0 Å². The molecule has 2 aromatic rings. The summed E-state index contributed by atoms with van der Waals surface area (Å²) < 4.78 is 2.45. The van der Waals surface area contributed by atoms with Gasteiger partial charge in [-0.25, -0.2) is 0 Å². The molecule has 0 spiro atoms. The first-order valence-electron chi connectivity index (χ1n) is 7.82. The van der Waals surface area contributed by atoms with Gasteiger partial charge in [0.25, 0.3) is 6.04 Å². The molecule has 0 aliphatic carbocycles. The van der Waals surface area contributed by atoms with Crippen LogP contribution in [0, 0.1) is 0 Å². The quantitative estimate of drug-likeness (QED) is 0.475. The lowest BCUT2D eigenvalue weighted by atomic mass is 9.88. The number of thiocarbonyl (C=S) groups is 1. The third-order valence-corrected chi connectivity index (χ3v) is 5.29. The number of rotatable bonds is 5. The zero-order chi connectivity index (χ0) is 17.9. The van der Waals surface area contributed by atoms with Crippen LogP contribution < -0.4 is 9.88 Å². The van der Waals surface area contributed by atoms with E-state index < -0.39 is 6.04 Å². The van der Waals surface area contributed by atoms with Crippen LogP contribution in [0.1, 0.15) is 49.0 Å². The van der Waals surface area contributed by atoms with E-state index in [1.807, 2.05) is 36.0 Å². The van der Waals surface area contributed by atoms with E-state index in [4.69, 9.17) is 23.8 Å². The maximum Gasteiger partial charge on any atom is 0.271 e. The Morgan fingerprint density at radius 1 is 1.29 bits per heavy atom. The Kier molecular flexibility index (Phi) is 6.12. The van der Waals surface area contributed by atoms with Crippen LogP contribution in [0.25, 0.3) is 0 Å². The average Bonchev–Trinajstić information content (AvgIpc) is 2.94. The van der Waals surface area contributed by atoms with Gasteiger partial charge in [0.2, 0.25) is 5.78 Å². The number of nitrogens with zero attached hydrogens (tertiary/aromatic N) is 1. The van der Waals surface area contributed by atoms with Gasteiger partial charge < -0.3 is 5.32 Å². The fourth-order valence-corrected chi connectivity index (χ4v) is 3.73. The number of hydrogen-bond acceptors (Lipinski definition) is 3. The largest absolute Gasteiger partial charge is 0.374 e. The van der Waals surface area contributed by atoms with Gasteiger partial charge in [0.15, 0.2) is 17.4 Å². The second-order valence-corrected chi connectivity index (χ2v) is 8.70. The third-order valence-electron chi connectivity index (χ3n) is 3.68. The molecule has 2 rings (SSSR count). The highest BCUT2D eigenvalue weighted by atomic mass is 35.5. The maximum atomic E-state index is 13.0. The van der Waals surface area contributed by atoms with Crippen molar-refractivity contribution in [2.24, 2.45) is 0 Å². The van der Waals surface area contributed by atoms with Gasteiger partial charge in [-0.05, 0) is 30.0 Å². The summed E-state index contributed by atoms with van der Waals surface area (Å²) in [5, 5.41) is 3.11. The summed E-state index contributed by atoms with van der Waals surface area (Å²) in [5.74, 6) is -0.0497. The lowest BCUT2D eigenvalue weighted by molar-refractivity contribution is -0.692. The Morgan fingerprint density at radius 2 is 1.92 bits per heavy atom. The number of carbonyl (C=O) groups excluding carboxylic acids is 1. The molecule has 128 valence electrons. The number of thiophene rings is 1. The number of likely N-dealkylation sites (N-methyl/N-ethyl adjacent to an activating group) is 1. The Balaban J connectivity index is 2.39. The Bertz CT molecular complexity index is 732. The monoisotopic (exact) mass is 381 g/mol. The maximum absolute atomic E-state index is 13.0. The Labute approximate surface area is 157 Å². The van der Waals surface area contributed by atoms with Crippen LogP contribution in [0.5, 0.6) is 0 Å². The first kappa shape index (κ1) is 19.0. The van der Waals surface area contributed by atoms with E-state index >= 15 is 0 Å². The summed E-state index contributed by atoms with van der Waals surface area (Å²) in [6, 6.07) is 7.00. The number of hydrogen-bond donors (Lipinski definition) is 1. The fraction of sp³-hybridized carbons (Fsp3) is 0.389. The van der Waals surface area contributed by atoms with Gasteiger partial charge in [-0.2, -0.15) is 4.57 Å². The molecule has 0 radical (unpaired) electrons. The molecule has 1 unspecified atom stereocenters. The van der Waals surface area contributed by atoms with Crippen LogP contribution in [0.15, 0.2) is 36.7 Å². The van der Waals surface area contributed by atoms with Gasteiger partial charge >= 0.3 is 0 Å². The Hall–Kier alpha value is -1.30. The highest BCUT2D eigenvalue weighted by Crippen LogP contribution is 2.25. The van der Waals surface area contributed by atoms with E-state index in [9.17, 15) is 4.79 Å². The van der Waals surface area contributed by atoms with Crippen molar-refractivity contribution >= 4 is 45.9 Å². The summed E-state index contributed by atoms with van der Waals surface area (Å²) in [6.45, 7) is 9.11. The van der Waals surface area contributed by atoms with Crippen molar-refractivity contribution in [3.8, 4) is 0 Å². The van der Waals surface area contributed by atoms with Crippen LogP contribution in [-0.4, -0.2) is 17.3 Å². The van der Waals surface area contributed by atoms with E-state index in [2.05, 4.69) is 26.1 Å². The molecular weight excluding hydrogens is 360 g/mol. The predicted molar refractivity (Wildman–Crippen MR) is 104 cm³/mol. The van der Waals surface area contributed by atoms with Crippen molar-refractivity contribution in [3.63, 3.8) is 0 Å². The summed E-state index contributed by atoms with van der Waals surface area (Å²) in [4.78, 5) is 14.1. The lowest BCUT2D eigenvalue weighted by Crippen LogP contribution is -2.51. The molecule has 3 nitrogen and oxygen atoms in total. The second kappa shape index (κ2) is 7.72. The highest BCUT2D eigenvalue weighted by Gasteiger charge is 2.34. The van der Waals surface area contributed by atoms with E-state index in [0.717, 1.165) is 0 Å². The number of carbonyl (C=O) groups is 1. The molecule has 24 heavy (non-hydrogen) atoms. The molecule has 0 aromatic carbocycles. The topological polar surface area (TPSA) is 33.0 Å². The molecule has 6 heteroatoms. The molecule has 1 N–H and O–H groups in total. The first-order valence-corrected chi connectivity index (χ1v) is 9.43. The van der Waals surface area contributed by atoms with Crippen LogP contribution >= 0.6 is 35.2 Å². The van der Waals surface area contributed by atoms with Gasteiger partial charge in [0.05, 0.1) is 9.21 Å². The highest BCUT2D eigenvalue weighted by molar-refractivity contribution is 7.80. The number of pyridine rings is 1. The average molecular weight is 382 g/mol. The van der Waals surface area contributed by atoms with Gasteiger partial charge in [0.1, 0.15) is 0 Å². The summed E-state index contributed by atoms with van der Waals surface area (Å²) >= 11 is 12.7. The second-order valence-electron chi connectivity index (χ2n) is 6.55. The summed E-state index contributed by atoms with van der Waals surface area (Å²) in [5.41, 5.74) is 1.26. The van der Waals surface area contributed by atoms with Crippen molar-refractivity contribution < 1.29 is 9.36 Å². The SMILES string of the molecule is CCNC(=S)C(C(=O)c1ccc(Cl)s1)[n+]1ccc(C(C)(C)C)cc1. The standard InChI is InChI=1S/C18H21ClN2OS2/c1-5-20-17(23)15(16(22)13-6-7-14(19)24-13)21-10-8-12(9-11-21)18(2,3)4/h6-11,15H,5H2,1-4H3/p+1. The molecule has 0 aliphatic heterocycles. The molecule has 1 atom stereocenters. The minimum atomic E-state index is -0.566. The lowest BCUT2D eigenvalue weighted by Gasteiger charge is -2.19. The van der Waals surface area contributed by atoms with E-state index in [1.54, 1.807) is 12.1 Å². The van der Waals surface area contributed by atoms with Crippen molar-refractivity contribution in [1.82, 2.24) is 5.32 Å². The van der Waals surface area contributed by atoms with Crippen LogP contribution in [0.3, 0.4) is 0 Å². The zero-order valence-corrected chi connectivity index (χ0v) is 16.7. The molecule has 0 bridgehead atoms. The first-order chi connectivity index (χ1) is 11.2. The number of halogens is 1. The summed E-state index contributed by atoms with van der Waals surface area (Å²) in [7, 11) is 0. The minimum absolute atomic E-state index is 0.0497. The molecule has 0 aliphatic rings. The molecule has 0 fully saturated rings. The number of ketones is 1. The molecule has 0 amide bonds. The molecule has 2 heterocycles. The molecule has 0 saturated carbocycles. The third kappa shape index (κ3) is 4.41. The van der Waals surface area contributed by atoms with Crippen molar-refractivity contribution in [2.45, 2.75) is 39.2 Å². The van der Waals surface area contributed by atoms with Crippen molar-refractivity contribution in [2.75, 3.05) is 6.54 Å². The molecular formula is C18H22ClN2OS2+. The Morgan fingerprint density at radius 3 is 2.38 bits per heavy atom. The van der Waals surface area contributed by atoms with Crippen LogP contribution in [-0.2, 0) is 5.41 Å². The van der Waals surface area contributed by atoms with Gasteiger partial charge in [-0.15, -0.1) is 11.3 Å². The van der Waals surface area contributed by atoms with E-state index in [1.165, 1.54) is 16.9 Å². The van der Waals surface area contributed by atoms with E-state index in [0.29, 0.717) is 20.7 Å². The van der Waals surface area contributed by atoms with Gasteiger partial charge in [-0.3, -0.25) is 4.79 Å². The van der Waals surface area contributed by atoms with Gasteiger partial charge in [-0.1, -0.05) is 44.6 Å². The predicted octanol–water partition coefficient (Wildman–Crippen LogP) is 4.35. The molecule has 2 aromatic heterocycles. The fourth-order valence-electron chi connectivity index (χ4n) is 2.35. The minimum Gasteiger partial charge on any atom is -0.374 e.